The van der Waals surface area contributed by atoms with E-state index in [0.717, 1.165) is 32.0 Å². The second-order valence-electron chi connectivity index (χ2n) is 6.27. The Morgan fingerprint density at radius 1 is 1.25 bits per heavy atom. The number of aromatic nitrogens is 2. The van der Waals surface area contributed by atoms with Crippen LogP contribution in [0, 0.1) is 0 Å². The molecule has 5 heteroatoms. The Morgan fingerprint density at radius 2 is 2.12 bits per heavy atom. The van der Waals surface area contributed by atoms with Crippen molar-refractivity contribution in [1.82, 2.24) is 14.5 Å². The number of hydrogen-bond acceptors (Lipinski definition) is 4. The molecule has 1 saturated heterocycles. The summed E-state index contributed by atoms with van der Waals surface area (Å²) in [6, 6.07) is 10.7. The molecule has 3 rings (SSSR count). The van der Waals surface area contributed by atoms with E-state index < -0.39 is 0 Å². The molecule has 0 aliphatic carbocycles. The number of hydrogen-bond donors (Lipinski definition) is 0. The molecule has 4 nitrogen and oxygen atoms in total. The molecule has 1 aliphatic heterocycles. The molecule has 1 aromatic carbocycles. The summed E-state index contributed by atoms with van der Waals surface area (Å²) in [7, 11) is 1.75. The van der Waals surface area contributed by atoms with Crippen molar-refractivity contribution in [2.24, 2.45) is 0 Å². The van der Waals surface area contributed by atoms with Crippen LogP contribution in [0.25, 0.3) is 0 Å². The zero-order valence-corrected chi connectivity index (χ0v) is 15.3. The third kappa shape index (κ3) is 4.85. The van der Waals surface area contributed by atoms with Gasteiger partial charge in [0.2, 0.25) is 0 Å². The van der Waals surface area contributed by atoms with E-state index in [-0.39, 0.29) is 0 Å². The number of ether oxygens (including phenoxy) is 1. The van der Waals surface area contributed by atoms with E-state index in [1.54, 1.807) is 7.11 Å². The summed E-state index contributed by atoms with van der Waals surface area (Å²) in [6.45, 7) is 5.12. The minimum atomic E-state index is 0.548. The maximum atomic E-state index is 5.21. The van der Waals surface area contributed by atoms with Crippen molar-refractivity contribution in [2.75, 3.05) is 39.1 Å². The lowest BCUT2D eigenvalue weighted by Crippen LogP contribution is -2.36. The van der Waals surface area contributed by atoms with Crippen LogP contribution in [0.3, 0.4) is 0 Å². The van der Waals surface area contributed by atoms with E-state index in [2.05, 4.69) is 51.0 Å². The Kier molecular flexibility index (Phi) is 6.75. The summed E-state index contributed by atoms with van der Waals surface area (Å²) in [4.78, 5) is 8.59. The van der Waals surface area contributed by atoms with Crippen LogP contribution in [0.2, 0.25) is 0 Å². The third-order valence-electron chi connectivity index (χ3n) is 4.57. The minimum Gasteiger partial charge on any atom is -0.383 e. The van der Waals surface area contributed by atoms with Crippen LogP contribution in [0.4, 0.5) is 0 Å². The predicted molar refractivity (Wildman–Crippen MR) is 99.7 cm³/mol. The quantitative estimate of drug-likeness (QED) is 0.685. The van der Waals surface area contributed by atoms with Gasteiger partial charge in [0.1, 0.15) is 5.82 Å². The molecule has 0 N–H and O–H groups in total. The van der Waals surface area contributed by atoms with Crippen molar-refractivity contribution in [3.63, 3.8) is 0 Å². The van der Waals surface area contributed by atoms with Gasteiger partial charge in [-0.25, -0.2) is 4.98 Å². The fraction of sp³-hybridized carbons (Fsp3) is 0.526. The van der Waals surface area contributed by atoms with Crippen LogP contribution >= 0.6 is 11.8 Å². The molecule has 1 aliphatic rings. The largest absolute Gasteiger partial charge is 0.383 e. The number of imidazole rings is 1. The molecule has 2 heterocycles. The highest BCUT2D eigenvalue weighted by molar-refractivity contribution is 7.99. The highest BCUT2D eigenvalue weighted by atomic mass is 32.2. The molecule has 2 aromatic rings. The second kappa shape index (κ2) is 9.25. The van der Waals surface area contributed by atoms with Crippen LogP contribution in [-0.2, 0) is 11.3 Å². The third-order valence-corrected chi connectivity index (χ3v) is 5.57. The number of nitrogens with zero attached hydrogens (tertiary/aromatic N) is 3. The summed E-state index contributed by atoms with van der Waals surface area (Å²) >= 11 is 1.95. The lowest BCUT2D eigenvalue weighted by molar-refractivity contribution is 0.181. The topological polar surface area (TPSA) is 30.3 Å². The van der Waals surface area contributed by atoms with Crippen LogP contribution in [0.1, 0.15) is 24.6 Å². The van der Waals surface area contributed by atoms with Gasteiger partial charge in [-0.15, -0.1) is 11.8 Å². The number of likely N-dealkylation sites (tertiary alicyclic amines) is 1. The zero-order valence-electron chi connectivity index (χ0n) is 14.4. The Labute approximate surface area is 149 Å². The molecule has 0 amide bonds. The van der Waals surface area contributed by atoms with Gasteiger partial charge in [-0.05, 0) is 31.5 Å². The average molecular weight is 346 g/mol. The maximum Gasteiger partial charge on any atom is 0.113 e. The summed E-state index contributed by atoms with van der Waals surface area (Å²) in [5.74, 6) is 2.93. The van der Waals surface area contributed by atoms with Gasteiger partial charge >= 0.3 is 0 Å². The van der Waals surface area contributed by atoms with Gasteiger partial charge in [-0.2, -0.15) is 0 Å². The molecule has 1 aromatic heterocycles. The van der Waals surface area contributed by atoms with E-state index in [4.69, 9.17) is 4.74 Å². The molecule has 130 valence electrons. The number of methoxy groups -OCH3 is 1. The first-order valence-electron chi connectivity index (χ1n) is 8.77. The van der Waals surface area contributed by atoms with E-state index in [1.807, 2.05) is 18.0 Å². The Morgan fingerprint density at radius 3 is 2.96 bits per heavy atom. The molecule has 1 fully saturated rings. The fourth-order valence-electron chi connectivity index (χ4n) is 3.34. The van der Waals surface area contributed by atoms with Crippen molar-refractivity contribution in [3.8, 4) is 0 Å². The van der Waals surface area contributed by atoms with E-state index in [9.17, 15) is 0 Å². The monoisotopic (exact) mass is 345 g/mol. The second-order valence-corrected chi connectivity index (χ2v) is 7.44. The zero-order chi connectivity index (χ0) is 16.6. The van der Waals surface area contributed by atoms with Gasteiger partial charge in [-0.1, -0.05) is 18.2 Å². The Bertz CT molecular complexity index is 602. The molecule has 24 heavy (non-hydrogen) atoms. The predicted octanol–water partition coefficient (Wildman–Crippen LogP) is 3.50. The van der Waals surface area contributed by atoms with E-state index in [1.165, 1.54) is 30.1 Å². The van der Waals surface area contributed by atoms with Gasteiger partial charge in [0, 0.05) is 55.7 Å². The first-order chi connectivity index (χ1) is 11.9. The van der Waals surface area contributed by atoms with Crippen LogP contribution in [0.5, 0.6) is 0 Å². The summed E-state index contributed by atoms with van der Waals surface area (Å²) < 4.78 is 7.47. The SMILES string of the molecule is COCCn1ccnc1[C@@H]1CCCN(CCSc2ccccc2)C1. The molecule has 0 saturated carbocycles. The van der Waals surface area contributed by atoms with Crippen LogP contribution in [-0.4, -0.2) is 53.6 Å². The Hall–Kier alpha value is -1.30. The van der Waals surface area contributed by atoms with Crippen molar-refractivity contribution < 1.29 is 4.74 Å². The number of piperidine rings is 1. The average Bonchev–Trinajstić information content (AvgIpc) is 3.10. The lowest BCUT2D eigenvalue weighted by Gasteiger charge is -2.32. The van der Waals surface area contributed by atoms with Crippen molar-refractivity contribution in [2.45, 2.75) is 30.2 Å². The molecular formula is C19H27N3OS. The molecule has 0 unspecified atom stereocenters. The van der Waals surface area contributed by atoms with Gasteiger partial charge in [0.25, 0.3) is 0 Å². The number of rotatable bonds is 8. The highest BCUT2D eigenvalue weighted by Gasteiger charge is 2.24. The highest BCUT2D eigenvalue weighted by Crippen LogP contribution is 2.26. The van der Waals surface area contributed by atoms with Crippen molar-refractivity contribution in [3.05, 3.63) is 48.5 Å². The molecular weight excluding hydrogens is 318 g/mol. The van der Waals surface area contributed by atoms with Gasteiger partial charge in [0.15, 0.2) is 0 Å². The molecule has 0 spiro atoms. The first kappa shape index (κ1) is 17.5. The lowest BCUT2D eigenvalue weighted by atomic mass is 9.97. The molecule has 1 atom stereocenters. The van der Waals surface area contributed by atoms with Crippen molar-refractivity contribution >= 4 is 11.8 Å². The summed E-state index contributed by atoms with van der Waals surface area (Å²) in [5, 5.41) is 0. The van der Waals surface area contributed by atoms with Gasteiger partial charge in [0.05, 0.1) is 6.61 Å². The van der Waals surface area contributed by atoms with Gasteiger partial charge < -0.3 is 14.2 Å². The smallest absolute Gasteiger partial charge is 0.113 e. The fourth-order valence-corrected chi connectivity index (χ4v) is 4.27. The first-order valence-corrected chi connectivity index (χ1v) is 9.75. The number of thioether (sulfide) groups is 1. The van der Waals surface area contributed by atoms with Crippen molar-refractivity contribution in [1.29, 1.82) is 0 Å². The van der Waals surface area contributed by atoms with Crippen LogP contribution in [0.15, 0.2) is 47.6 Å². The van der Waals surface area contributed by atoms with Crippen LogP contribution < -0.4 is 0 Å². The standard InChI is InChI=1S/C19H27N3OS/c1-23-14-12-22-11-9-20-19(22)17-6-5-10-21(16-17)13-15-24-18-7-3-2-4-8-18/h2-4,7-9,11,17H,5-6,10,12-16H2,1H3/t17-/m1/s1. The van der Waals surface area contributed by atoms with E-state index in [0.29, 0.717) is 5.92 Å². The van der Waals surface area contributed by atoms with E-state index >= 15 is 0 Å². The number of benzene rings is 1. The molecule has 0 radical (unpaired) electrons. The van der Waals surface area contributed by atoms with Gasteiger partial charge in [-0.3, -0.25) is 0 Å². The maximum absolute atomic E-state index is 5.21. The summed E-state index contributed by atoms with van der Waals surface area (Å²) in [6.07, 6.45) is 6.51. The minimum absolute atomic E-state index is 0.548. The molecule has 0 bridgehead atoms. The normalized spacial score (nSPS) is 18.8. The summed E-state index contributed by atoms with van der Waals surface area (Å²) in [5.41, 5.74) is 0. The Balaban J connectivity index is 1.50.